The number of methoxy groups -OCH3 is 1. The van der Waals surface area contributed by atoms with Crippen molar-refractivity contribution in [1.29, 1.82) is 0 Å². The van der Waals surface area contributed by atoms with Crippen LogP contribution in [0.25, 0.3) is 22.2 Å². The zero-order chi connectivity index (χ0) is 23.1. The summed E-state index contributed by atoms with van der Waals surface area (Å²) >= 11 is 0. The van der Waals surface area contributed by atoms with E-state index in [2.05, 4.69) is 35.8 Å². The number of hydrogen-bond donors (Lipinski definition) is 4. The maximum Gasteiger partial charge on any atom is 0.256 e. The van der Waals surface area contributed by atoms with E-state index in [4.69, 9.17) is 9.72 Å². The Bertz CT molecular complexity index is 1470. The van der Waals surface area contributed by atoms with E-state index in [-0.39, 0.29) is 5.88 Å². The minimum atomic E-state index is -0.101. The number of nitrogens with zero attached hydrogens (tertiary/aromatic N) is 7. The smallest absolute Gasteiger partial charge is 0.256 e. The van der Waals surface area contributed by atoms with Crippen LogP contribution >= 0.6 is 0 Å². The van der Waals surface area contributed by atoms with Crippen molar-refractivity contribution < 1.29 is 9.84 Å². The Morgan fingerprint density at radius 1 is 1.06 bits per heavy atom. The van der Waals surface area contributed by atoms with Crippen LogP contribution in [-0.2, 0) is 14.1 Å². The van der Waals surface area contributed by atoms with Crippen molar-refractivity contribution in [1.82, 2.24) is 39.5 Å². The summed E-state index contributed by atoms with van der Waals surface area (Å²) in [7, 11) is 5.11. The number of aromatic nitrogens is 8. The molecule has 0 saturated heterocycles. The zero-order valence-corrected chi connectivity index (χ0v) is 18.5. The van der Waals surface area contributed by atoms with E-state index in [1.165, 1.54) is 4.68 Å². The van der Waals surface area contributed by atoms with Gasteiger partial charge in [0.25, 0.3) is 11.8 Å². The minimum absolute atomic E-state index is 0.101. The molecule has 5 aromatic heterocycles. The van der Waals surface area contributed by atoms with Gasteiger partial charge in [0.1, 0.15) is 11.4 Å². The van der Waals surface area contributed by atoms with Crippen LogP contribution in [0.2, 0.25) is 0 Å². The molecule has 0 bridgehead atoms. The summed E-state index contributed by atoms with van der Waals surface area (Å²) < 4.78 is 8.47. The zero-order valence-electron chi connectivity index (χ0n) is 18.5. The van der Waals surface area contributed by atoms with Crippen molar-refractivity contribution in [2.45, 2.75) is 6.92 Å². The van der Waals surface area contributed by atoms with Gasteiger partial charge >= 0.3 is 0 Å². The molecule has 0 saturated carbocycles. The number of nitrogens with one attached hydrogen (secondary N) is 3. The van der Waals surface area contributed by atoms with Crippen LogP contribution in [0.4, 0.5) is 23.1 Å². The van der Waals surface area contributed by atoms with E-state index in [0.29, 0.717) is 29.0 Å². The molecule has 0 spiro atoms. The highest BCUT2D eigenvalue weighted by Gasteiger charge is 2.17. The predicted octanol–water partition coefficient (Wildman–Crippen LogP) is 3.00. The highest BCUT2D eigenvalue weighted by Crippen LogP contribution is 2.34. The van der Waals surface area contributed by atoms with Crippen molar-refractivity contribution in [2.75, 3.05) is 17.7 Å². The number of fused-ring (bicyclic) bond motifs is 1. The second-order valence-corrected chi connectivity index (χ2v) is 7.53. The summed E-state index contributed by atoms with van der Waals surface area (Å²) in [6.07, 6.45) is 8.82. The van der Waals surface area contributed by atoms with Crippen molar-refractivity contribution in [3.05, 3.63) is 42.6 Å². The van der Waals surface area contributed by atoms with Crippen molar-refractivity contribution in [2.24, 2.45) is 14.1 Å². The number of anilines is 4. The van der Waals surface area contributed by atoms with Crippen LogP contribution in [0.15, 0.2) is 37.1 Å². The van der Waals surface area contributed by atoms with Crippen LogP contribution in [0, 0.1) is 6.92 Å². The first kappa shape index (κ1) is 20.3. The standard InChI is InChI=1S/C21H22N10O2/c1-11-7-24-21(26-15-10-31(3)29-20(15)33-4)27-16(11)13-8-23-17-12(13)5-6-22-18(17)25-14-9-30(2)28-19(14)32/h5-10,23H,1-4H3,(H,22,25)(H,28,32)(H,24,26,27). The molecule has 0 atom stereocenters. The normalized spacial score (nSPS) is 11.2. The maximum atomic E-state index is 10.0. The Hall–Kier alpha value is -4.61. The van der Waals surface area contributed by atoms with Crippen LogP contribution in [0.3, 0.4) is 0 Å². The Morgan fingerprint density at radius 2 is 1.85 bits per heavy atom. The number of H-pyrrole nitrogens is 1. The number of ether oxygens (including phenoxy) is 1. The van der Waals surface area contributed by atoms with Gasteiger partial charge in [-0.05, 0) is 18.6 Å². The lowest BCUT2D eigenvalue weighted by Gasteiger charge is -2.09. The lowest BCUT2D eigenvalue weighted by molar-refractivity contribution is 0.393. The molecule has 4 N–H and O–H groups in total. The van der Waals surface area contributed by atoms with Crippen LogP contribution < -0.4 is 15.4 Å². The van der Waals surface area contributed by atoms with Crippen LogP contribution in [0.5, 0.6) is 11.8 Å². The second kappa shape index (κ2) is 7.82. The van der Waals surface area contributed by atoms with E-state index in [9.17, 15) is 5.11 Å². The fourth-order valence-electron chi connectivity index (χ4n) is 3.64. The van der Waals surface area contributed by atoms with Crippen molar-refractivity contribution in [3.63, 3.8) is 0 Å². The summed E-state index contributed by atoms with van der Waals surface area (Å²) in [5.74, 6) is 1.34. The quantitative estimate of drug-likeness (QED) is 0.309. The molecule has 5 rings (SSSR count). The van der Waals surface area contributed by atoms with E-state index < -0.39 is 0 Å². The highest BCUT2D eigenvalue weighted by molar-refractivity contribution is 6.01. The topological polar surface area (TPSA) is 144 Å². The number of rotatable bonds is 6. The Morgan fingerprint density at radius 3 is 2.61 bits per heavy atom. The number of aromatic amines is 1. The van der Waals surface area contributed by atoms with Crippen LogP contribution in [0.1, 0.15) is 5.56 Å². The Labute approximate surface area is 188 Å². The summed E-state index contributed by atoms with van der Waals surface area (Å²) in [4.78, 5) is 16.8. The van der Waals surface area contributed by atoms with Crippen molar-refractivity contribution >= 4 is 34.0 Å². The summed E-state index contributed by atoms with van der Waals surface area (Å²) in [5.41, 5.74) is 4.48. The molecule has 0 radical (unpaired) electrons. The van der Waals surface area contributed by atoms with Crippen LogP contribution in [-0.4, -0.2) is 51.7 Å². The summed E-state index contributed by atoms with van der Waals surface area (Å²) in [6, 6.07) is 1.91. The third-order valence-electron chi connectivity index (χ3n) is 5.13. The van der Waals surface area contributed by atoms with Gasteiger partial charge in [-0.2, -0.15) is 0 Å². The molecule has 0 unspecified atom stereocenters. The predicted molar refractivity (Wildman–Crippen MR) is 123 cm³/mol. The lowest BCUT2D eigenvalue weighted by atomic mass is 10.1. The monoisotopic (exact) mass is 446 g/mol. The fraction of sp³-hybridized carbons (Fsp3) is 0.190. The van der Waals surface area contributed by atoms with Gasteiger partial charge in [0.15, 0.2) is 5.82 Å². The van der Waals surface area contributed by atoms with Gasteiger partial charge in [-0.1, -0.05) is 0 Å². The van der Waals surface area contributed by atoms with Gasteiger partial charge in [0, 0.05) is 43.6 Å². The summed E-state index contributed by atoms with van der Waals surface area (Å²) in [5, 5.41) is 25.4. The molecular formula is C21H22N10O2. The third-order valence-corrected chi connectivity index (χ3v) is 5.13. The molecule has 0 aromatic carbocycles. The van der Waals surface area contributed by atoms with E-state index in [0.717, 1.165) is 27.7 Å². The molecular weight excluding hydrogens is 424 g/mol. The molecule has 12 heteroatoms. The average molecular weight is 446 g/mol. The van der Waals surface area contributed by atoms with E-state index in [1.807, 2.05) is 26.2 Å². The average Bonchev–Trinajstić information content (AvgIpc) is 3.46. The lowest BCUT2D eigenvalue weighted by Crippen LogP contribution is -2.00. The van der Waals surface area contributed by atoms with E-state index >= 15 is 0 Å². The summed E-state index contributed by atoms with van der Waals surface area (Å²) in [6.45, 7) is 1.95. The molecule has 33 heavy (non-hydrogen) atoms. The molecule has 5 heterocycles. The first-order chi connectivity index (χ1) is 15.9. The highest BCUT2D eigenvalue weighted by atomic mass is 16.5. The first-order valence-corrected chi connectivity index (χ1v) is 10.1. The third kappa shape index (κ3) is 3.67. The minimum Gasteiger partial charge on any atom is -0.491 e. The van der Waals surface area contributed by atoms with Gasteiger partial charge in [-0.15, -0.1) is 10.2 Å². The largest absolute Gasteiger partial charge is 0.491 e. The molecule has 168 valence electrons. The molecule has 0 aliphatic rings. The molecule has 0 aliphatic carbocycles. The SMILES string of the molecule is COc1nn(C)cc1Nc1ncc(C)c(-c2c[nH]c3c(Nc4cn(C)nc4O)nccc23)n1. The van der Waals surface area contributed by atoms with Gasteiger partial charge in [-0.25, -0.2) is 15.0 Å². The second-order valence-electron chi connectivity index (χ2n) is 7.53. The number of hydrogen-bond acceptors (Lipinski definition) is 9. The van der Waals surface area contributed by atoms with Crippen molar-refractivity contribution in [3.8, 4) is 23.0 Å². The number of aryl methyl sites for hydroxylation is 3. The Balaban J connectivity index is 1.53. The molecule has 0 aliphatic heterocycles. The van der Waals surface area contributed by atoms with Gasteiger partial charge in [0.05, 0.1) is 30.7 Å². The first-order valence-electron chi connectivity index (χ1n) is 10.1. The van der Waals surface area contributed by atoms with Gasteiger partial charge in [0.2, 0.25) is 5.95 Å². The number of pyridine rings is 1. The molecule has 0 amide bonds. The number of aromatic hydroxyl groups is 1. The van der Waals surface area contributed by atoms with E-state index in [1.54, 1.807) is 43.6 Å². The molecule has 0 fully saturated rings. The fourth-order valence-corrected chi connectivity index (χ4v) is 3.64. The van der Waals surface area contributed by atoms with Gasteiger partial charge in [-0.3, -0.25) is 9.36 Å². The van der Waals surface area contributed by atoms with Gasteiger partial charge < -0.3 is 25.5 Å². The Kier molecular flexibility index (Phi) is 4.81. The maximum absolute atomic E-state index is 10.0. The molecule has 5 aromatic rings. The molecule has 12 nitrogen and oxygen atoms in total.